The molecule has 0 radical (unpaired) electrons. The molecule has 0 bridgehead atoms. The number of ether oxygens (including phenoxy) is 2. The Labute approximate surface area is 157 Å². The van der Waals surface area contributed by atoms with E-state index in [0.717, 1.165) is 26.1 Å². The van der Waals surface area contributed by atoms with E-state index in [4.69, 9.17) is 17.7 Å². The third-order valence-corrected chi connectivity index (χ3v) is 15.2. The molecule has 25 heavy (non-hydrogen) atoms. The van der Waals surface area contributed by atoms with Crippen molar-refractivity contribution in [3.63, 3.8) is 0 Å². The van der Waals surface area contributed by atoms with Gasteiger partial charge >= 0.3 is 0 Å². The molecule has 0 aromatic rings. The Morgan fingerprint density at radius 2 is 0.960 bits per heavy atom. The largest absolute Gasteiger partial charge is 0.555 e. The predicted octanol–water partition coefficient (Wildman–Crippen LogP) is 4.78. The molecule has 0 aromatic heterocycles. The molecule has 0 heterocycles. The van der Waals surface area contributed by atoms with Crippen LogP contribution in [0, 0.1) is 14.2 Å². The predicted molar refractivity (Wildman–Crippen MR) is 116 cm³/mol. The first-order valence-corrected chi connectivity index (χ1v) is 20.8. The summed E-state index contributed by atoms with van der Waals surface area (Å²) >= 11 is 0. The first-order valence-electron chi connectivity index (χ1n) is 9.05. The zero-order valence-corrected chi connectivity index (χ0v) is 28.9. The van der Waals surface area contributed by atoms with Crippen LogP contribution in [0.5, 0.6) is 0 Å². The van der Waals surface area contributed by atoms with Crippen molar-refractivity contribution < 1.29 is 17.7 Å². The van der Waals surface area contributed by atoms with Gasteiger partial charge in [-0.1, -0.05) is 0 Å². The van der Waals surface area contributed by atoms with Crippen molar-refractivity contribution >= 4 is 34.7 Å². The van der Waals surface area contributed by atoms with Gasteiger partial charge < -0.3 is 17.7 Å². The molecule has 0 saturated carbocycles. The van der Waals surface area contributed by atoms with E-state index in [1.807, 2.05) is 0 Å². The molecule has 0 rings (SSSR count). The Morgan fingerprint density at radius 3 is 1.16 bits per heavy atom. The van der Waals surface area contributed by atoms with Gasteiger partial charge in [0.2, 0.25) is 0 Å². The average Bonchev–Trinajstić information content (AvgIpc) is 2.36. The van der Waals surface area contributed by atoms with Crippen LogP contribution in [-0.4, -0.2) is 47.9 Å². The third-order valence-electron chi connectivity index (χ3n) is 3.24. The van der Waals surface area contributed by atoms with Gasteiger partial charge in [0.25, 0.3) is 0 Å². The van der Waals surface area contributed by atoms with E-state index in [9.17, 15) is 0 Å². The van der Waals surface area contributed by atoms with Crippen molar-refractivity contribution in [3.8, 4) is 0 Å². The maximum Gasteiger partial charge on any atom is 0.173 e. The quantitative estimate of drug-likeness (QED) is 0.170. The summed E-state index contributed by atoms with van der Waals surface area (Å²) in [5.74, 6) is 0. The van der Waals surface area contributed by atoms with Gasteiger partial charge in [-0.05, 0) is 77.3 Å². The van der Waals surface area contributed by atoms with Crippen molar-refractivity contribution in [1.29, 1.82) is 0 Å². The minimum absolute atomic E-state index is 0. The second-order valence-electron chi connectivity index (χ2n) is 7.88. The fourth-order valence-corrected chi connectivity index (χ4v) is 15.7. The zero-order valence-electron chi connectivity index (χ0n) is 18.2. The molecule has 0 atom stereocenters. The van der Waals surface area contributed by atoms with Gasteiger partial charge in [-0.2, -0.15) is 0 Å². The van der Waals surface area contributed by atoms with Crippen LogP contribution in [0.2, 0.25) is 64.5 Å². The van der Waals surface area contributed by atoms with Crippen LogP contribution in [0.25, 0.3) is 0 Å². The van der Waals surface area contributed by atoms with Crippen LogP contribution in [0.15, 0.2) is 0 Å². The van der Waals surface area contributed by atoms with Gasteiger partial charge in [-0.25, -0.2) is 14.2 Å². The van der Waals surface area contributed by atoms with Crippen LogP contribution in [0.1, 0.15) is 12.8 Å². The second kappa shape index (κ2) is 15.9. The third kappa shape index (κ3) is 23.7. The van der Waals surface area contributed by atoms with E-state index in [1.165, 1.54) is 12.1 Å². The van der Waals surface area contributed by atoms with Gasteiger partial charge in [0.05, 0.1) is 0 Å². The van der Waals surface area contributed by atoms with Crippen LogP contribution in [-0.2, 0) is 17.7 Å². The first kappa shape index (κ1) is 29.5. The Kier molecular flexibility index (Phi) is 18.8. The smallest absolute Gasteiger partial charge is 0.173 e. The maximum absolute atomic E-state index is 5.99. The molecule has 0 unspecified atom stereocenters. The maximum atomic E-state index is 5.99. The van der Waals surface area contributed by atoms with Crippen molar-refractivity contribution in [3.05, 3.63) is 14.2 Å². The average molecular weight is 678 g/mol. The Bertz CT molecular complexity index is 265. The fraction of sp³-hybridized carbons (Fsp3) is 0.875. The summed E-state index contributed by atoms with van der Waals surface area (Å²) in [6.07, 6.45) is 2.17. The SMILES string of the molecule is [CH2-]OCCC[Si](C)(C)O[SiH](C)C.[CH2-]OCCC[Si](C)(C)O[SiH](C)C.[Rf]. The van der Waals surface area contributed by atoms with Crippen molar-refractivity contribution in [2.75, 3.05) is 13.2 Å². The summed E-state index contributed by atoms with van der Waals surface area (Å²) in [6, 6.07) is 2.38. The fourth-order valence-electron chi connectivity index (χ4n) is 2.59. The number of rotatable bonds is 12. The minimum atomic E-state index is -1.35. The monoisotopic (exact) mass is 677 g/mol. The molecule has 4 nitrogen and oxygen atoms in total. The van der Waals surface area contributed by atoms with E-state index in [2.05, 4.69) is 66.6 Å². The summed E-state index contributed by atoms with van der Waals surface area (Å²) < 4.78 is 21.5. The van der Waals surface area contributed by atoms with Gasteiger partial charge in [0, 0.05) is 13.2 Å². The molecule has 0 spiro atoms. The molecule has 0 saturated heterocycles. The molecular weight excluding hydrogens is 636 g/mol. The van der Waals surface area contributed by atoms with E-state index in [-0.39, 0.29) is 0 Å². The van der Waals surface area contributed by atoms with E-state index < -0.39 is 34.7 Å². The summed E-state index contributed by atoms with van der Waals surface area (Å²) in [4.78, 5) is 0. The molecular formula is C16H42O4RfSi4-2. The van der Waals surface area contributed by atoms with Crippen LogP contribution < -0.4 is 0 Å². The summed E-state index contributed by atoms with van der Waals surface area (Å²) in [5, 5.41) is 0. The molecule has 0 aliphatic heterocycles. The van der Waals surface area contributed by atoms with Crippen molar-refractivity contribution in [1.82, 2.24) is 0 Å². The standard InChI is InChI=1S/2C8H21O2Si2.Rf/c2*1-9-7-6-8-12(4,5)10-11(2)3;/h2*11H,1,6-8H2,2-5H3;/q2*-1;. The minimum Gasteiger partial charge on any atom is -0.555 e. The van der Waals surface area contributed by atoms with Gasteiger partial charge in [-0.15, -0.1) is 0 Å². The van der Waals surface area contributed by atoms with Crippen LogP contribution in [0.4, 0.5) is 0 Å². The second-order valence-corrected chi connectivity index (χ2v) is 22.0. The van der Waals surface area contributed by atoms with E-state index in [0.29, 0.717) is 0 Å². The molecule has 0 fully saturated rings. The molecule has 0 aliphatic rings. The number of hydrogen-bond donors (Lipinski definition) is 0. The Balaban J connectivity index is -0.000000372. The first-order chi connectivity index (χ1) is 11.0. The van der Waals surface area contributed by atoms with Crippen molar-refractivity contribution in [2.24, 2.45) is 0 Å². The molecule has 0 amide bonds. The topological polar surface area (TPSA) is 36.9 Å². The summed E-state index contributed by atoms with van der Waals surface area (Å²) in [5.41, 5.74) is 0. The molecule has 150 valence electrons. The molecule has 0 aromatic carbocycles. The molecule has 9 heteroatoms. The zero-order chi connectivity index (χ0) is 19.2. The molecule has 0 N–H and O–H groups in total. The number of hydrogen-bond acceptors (Lipinski definition) is 4. The van der Waals surface area contributed by atoms with Crippen LogP contribution in [0.3, 0.4) is 0 Å². The normalized spacial score (nSPS) is 12.0. The van der Waals surface area contributed by atoms with Crippen LogP contribution >= 0.6 is 0 Å². The Hall–Kier alpha value is -0.292. The summed E-state index contributed by atoms with van der Waals surface area (Å²) in [6.45, 7) is 19.6. The van der Waals surface area contributed by atoms with E-state index in [1.54, 1.807) is 0 Å². The van der Waals surface area contributed by atoms with E-state index >= 15 is 0 Å². The van der Waals surface area contributed by atoms with Gasteiger partial charge in [-0.3, -0.25) is 0 Å². The summed E-state index contributed by atoms with van der Waals surface area (Å²) in [7, 11) is 2.32. The molecule has 0 aliphatic carbocycles. The van der Waals surface area contributed by atoms with Crippen molar-refractivity contribution in [2.45, 2.75) is 77.3 Å². The van der Waals surface area contributed by atoms with Gasteiger partial charge in [0.15, 0.2) is 34.7 Å². The Morgan fingerprint density at radius 1 is 0.680 bits per heavy atom. The van der Waals surface area contributed by atoms with Gasteiger partial charge in [0.1, 0.15) is 0 Å².